The van der Waals surface area contributed by atoms with Crippen LogP contribution in [-0.2, 0) is 11.2 Å². The van der Waals surface area contributed by atoms with Gasteiger partial charge in [-0.15, -0.1) is 0 Å². The maximum Gasteiger partial charge on any atom is 0.270 e. The smallest absolute Gasteiger partial charge is 0.270 e. The number of amides is 2. The van der Waals surface area contributed by atoms with Gasteiger partial charge in [-0.25, -0.2) is 0 Å². The van der Waals surface area contributed by atoms with Crippen LogP contribution in [0.3, 0.4) is 0 Å². The van der Waals surface area contributed by atoms with Gasteiger partial charge in [-0.2, -0.15) is 0 Å². The van der Waals surface area contributed by atoms with E-state index in [0.29, 0.717) is 18.8 Å². The second-order valence-corrected chi connectivity index (χ2v) is 7.72. The summed E-state index contributed by atoms with van der Waals surface area (Å²) in [5.41, 5.74) is 7.78. The van der Waals surface area contributed by atoms with Crippen molar-refractivity contribution in [2.75, 3.05) is 13.2 Å². The molecule has 1 aromatic heterocycles. The highest BCUT2D eigenvalue weighted by atomic mass is 16.5. The molecule has 3 N–H and O–H groups in total. The van der Waals surface area contributed by atoms with Crippen LogP contribution in [0.2, 0.25) is 0 Å². The predicted octanol–water partition coefficient (Wildman–Crippen LogP) is 2.76. The monoisotopic (exact) mass is 385 g/mol. The minimum atomic E-state index is -0.375. The standard InChI is InChI=1S/C21H27N3O4/c1-3-27-17-9-13-8-12(2)28-20(13)19-15(17)11-16(23-19)21(26)24-7-5-4-6-14(24)10-18(22)25/h9,11-12,14,23H,3-8,10H2,1-2H3,(H2,22,25). The first-order valence-electron chi connectivity index (χ1n) is 10.0. The molecule has 28 heavy (non-hydrogen) atoms. The third-order valence-corrected chi connectivity index (χ3v) is 5.59. The fourth-order valence-corrected chi connectivity index (χ4v) is 4.39. The minimum Gasteiger partial charge on any atom is -0.493 e. The van der Waals surface area contributed by atoms with Gasteiger partial charge in [0, 0.05) is 36.4 Å². The maximum atomic E-state index is 13.3. The molecule has 7 heteroatoms. The molecule has 2 amide bonds. The molecule has 4 rings (SSSR count). The largest absolute Gasteiger partial charge is 0.493 e. The van der Waals surface area contributed by atoms with E-state index < -0.39 is 0 Å². The molecule has 1 fully saturated rings. The van der Waals surface area contributed by atoms with Gasteiger partial charge in [0.25, 0.3) is 5.91 Å². The van der Waals surface area contributed by atoms with Gasteiger partial charge >= 0.3 is 0 Å². The number of nitrogens with two attached hydrogens (primary N) is 1. The lowest BCUT2D eigenvalue weighted by atomic mass is 9.98. The fourth-order valence-electron chi connectivity index (χ4n) is 4.39. The topological polar surface area (TPSA) is 97.7 Å². The second-order valence-electron chi connectivity index (χ2n) is 7.72. The summed E-state index contributed by atoms with van der Waals surface area (Å²) in [5, 5.41) is 0.849. The van der Waals surface area contributed by atoms with Crippen LogP contribution in [0.5, 0.6) is 11.5 Å². The van der Waals surface area contributed by atoms with E-state index in [-0.39, 0.29) is 30.4 Å². The zero-order valence-electron chi connectivity index (χ0n) is 16.4. The van der Waals surface area contributed by atoms with Crippen LogP contribution >= 0.6 is 0 Å². The Kier molecular flexibility index (Phi) is 4.91. The third kappa shape index (κ3) is 3.30. The van der Waals surface area contributed by atoms with Gasteiger partial charge in [-0.05, 0) is 45.2 Å². The highest BCUT2D eigenvalue weighted by molar-refractivity contribution is 6.02. The van der Waals surface area contributed by atoms with Crippen LogP contribution in [-0.4, -0.2) is 47.0 Å². The molecule has 2 unspecified atom stereocenters. The van der Waals surface area contributed by atoms with Gasteiger partial charge in [0.2, 0.25) is 5.91 Å². The number of primary amides is 1. The minimum absolute atomic E-state index is 0.0968. The first kappa shape index (κ1) is 18.7. The van der Waals surface area contributed by atoms with E-state index >= 15 is 0 Å². The highest BCUT2D eigenvalue weighted by Crippen LogP contribution is 2.41. The Balaban J connectivity index is 1.72. The van der Waals surface area contributed by atoms with E-state index in [9.17, 15) is 9.59 Å². The lowest BCUT2D eigenvalue weighted by molar-refractivity contribution is -0.119. The number of piperidine rings is 1. The number of carbonyl (C=O) groups excluding carboxylic acids is 2. The van der Waals surface area contributed by atoms with E-state index in [0.717, 1.165) is 53.6 Å². The zero-order valence-corrected chi connectivity index (χ0v) is 16.4. The van der Waals surface area contributed by atoms with Crippen molar-refractivity contribution in [2.24, 2.45) is 5.73 Å². The average Bonchev–Trinajstić information content (AvgIpc) is 3.24. The molecule has 1 saturated heterocycles. The number of H-pyrrole nitrogens is 1. The molecule has 3 heterocycles. The third-order valence-electron chi connectivity index (χ3n) is 5.59. The van der Waals surface area contributed by atoms with Crippen molar-refractivity contribution in [1.29, 1.82) is 0 Å². The summed E-state index contributed by atoms with van der Waals surface area (Å²) >= 11 is 0. The first-order chi connectivity index (χ1) is 13.5. The Labute approximate surface area is 164 Å². The lowest BCUT2D eigenvalue weighted by Crippen LogP contribution is -2.45. The van der Waals surface area contributed by atoms with Gasteiger partial charge in [0.15, 0.2) is 0 Å². The van der Waals surface area contributed by atoms with E-state index in [1.807, 2.05) is 26.0 Å². The summed E-state index contributed by atoms with van der Waals surface area (Å²) in [6.07, 6.45) is 3.85. The normalized spacial score (nSPS) is 21.4. The van der Waals surface area contributed by atoms with Crippen molar-refractivity contribution in [2.45, 2.75) is 58.1 Å². The van der Waals surface area contributed by atoms with Crippen LogP contribution in [0.4, 0.5) is 0 Å². The quantitative estimate of drug-likeness (QED) is 0.827. The number of nitrogens with one attached hydrogen (secondary N) is 1. The number of benzene rings is 1. The van der Waals surface area contributed by atoms with Crippen molar-refractivity contribution >= 4 is 22.7 Å². The van der Waals surface area contributed by atoms with Gasteiger partial charge < -0.3 is 25.1 Å². The summed E-state index contributed by atoms with van der Waals surface area (Å²) in [5.74, 6) is 1.08. The molecular formula is C21H27N3O4. The van der Waals surface area contributed by atoms with Crippen LogP contribution < -0.4 is 15.2 Å². The van der Waals surface area contributed by atoms with Crippen molar-refractivity contribution in [3.05, 3.63) is 23.4 Å². The lowest BCUT2D eigenvalue weighted by Gasteiger charge is -2.34. The van der Waals surface area contributed by atoms with Gasteiger partial charge in [-0.1, -0.05) is 0 Å². The molecule has 1 aromatic carbocycles. The number of ether oxygens (including phenoxy) is 2. The van der Waals surface area contributed by atoms with Crippen molar-refractivity contribution in [1.82, 2.24) is 9.88 Å². The number of hydrogen-bond donors (Lipinski definition) is 2. The number of fused-ring (bicyclic) bond motifs is 3. The molecule has 0 aliphatic carbocycles. The molecule has 0 bridgehead atoms. The molecule has 2 aromatic rings. The SMILES string of the molecule is CCOc1cc2c(c3[nH]c(C(=O)N4CCCCC4CC(N)=O)cc13)OC(C)C2. The van der Waals surface area contributed by atoms with Crippen molar-refractivity contribution < 1.29 is 19.1 Å². The van der Waals surface area contributed by atoms with E-state index in [2.05, 4.69) is 4.98 Å². The number of carbonyl (C=O) groups is 2. The number of nitrogens with zero attached hydrogens (tertiary/aromatic N) is 1. The van der Waals surface area contributed by atoms with Crippen LogP contribution in [0.1, 0.15) is 55.6 Å². The molecular weight excluding hydrogens is 358 g/mol. The van der Waals surface area contributed by atoms with Crippen molar-refractivity contribution in [3.63, 3.8) is 0 Å². The van der Waals surface area contributed by atoms with Gasteiger partial charge in [0.1, 0.15) is 23.3 Å². The molecule has 7 nitrogen and oxygen atoms in total. The Morgan fingerprint density at radius 2 is 2.18 bits per heavy atom. The number of aromatic nitrogens is 1. The maximum absolute atomic E-state index is 13.3. The van der Waals surface area contributed by atoms with Crippen LogP contribution in [0.15, 0.2) is 12.1 Å². The first-order valence-corrected chi connectivity index (χ1v) is 10.0. The fraction of sp³-hybridized carbons (Fsp3) is 0.524. The summed E-state index contributed by atoms with van der Waals surface area (Å²) in [4.78, 5) is 29.7. The summed E-state index contributed by atoms with van der Waals surface area (Å²) in [6.45, 7) is 5.16. The average molecular weight is 385 g/mol. The molecule has 2 aliphatic rings. The molecule has 0 spiro atoms. The highest BCUT2D eigenvalue weighted by Gasteiger charge is 2.31. The molecule has 2 atom stereocenters. The number of aromatic amines is 1. The number of likely N-dealkylation sites (tertiary alicyclic amines) is 1. The van der Waals surface area contributed by atoms with E-state index in [1.54, 1.807) is 4.90 Å². The van der Waals surface area contributed by atoms with Crippen LogP contribution in [0, 0.1) is 0 Å². The Morgan fingerprint density at radius 1 is 1.36 bits per heavy atom. The zero-order chi connectivity index (χ0) is 19.8. The second kappa shape index (κ2) is 7.37. The van der Waals surface area contributed by atoms with E-state index in [4.69, 9.17) is 15.2 Å². The summed E-state index contributed by atoms with van der Waals surface area (Å²) < 4.78 is 11.8. The Hall–Kier alpha value is -2.70. The Morgan fingerprint density at radius 3 is 2.93 bits per heavy atom. The van der Waals surface area contributed by atoms with E-state index in [1.165, 1.54) is 0 Å². The van der Waals surface area contributed by atoms with Gasteiger partial charge in [0.05, 0.1) is 12.1 Å². The number of hydrogen-bond acceptors (Lipinski definition) is 4. The molecule has 2 aliphatic heterocycles. The summed E-state index contributed by atoms with van der Waals surface area (Å²) in [7, 11) is 0. The molecule has 0 saturated carbocycles. The number of rotatable bonds is 5. The predicted molar refractivity (Wildman–Crippen MR) is 106 cm³/mol. The molecule has 150 valence electrons. The van der Waals surface area contributed by atoms with Crippen molar-refractivity contribution in [3.8, 4) is 11.5 Å². The van der Waals surface area contributed by atoms with Gasteiger partial charge in [-0.3, -0.25) is 9.59 Å². The Bertz CT molecular complexity index is 920. The van der Waals surface area contributed by atoms with Crippen LogP contribution in [0.25, 0.3) is 10.9 Å². The molecule has 0 radical (unpaired) electrons. The summed E-state index contributed by atoms with van der Waals surface area (Å²) in [6, 6.07) is 3.72.